The Morgan fingerprint density at radius 2 is 1.43 bits per heavy atom. The average Bonchev–Trinajstić information content (AvgIpc) is 2.89. The number of hydrazine groups is 1. The van der Waals surface area contributed by atoms with Gasteiger partial charge in [0.2, 0.25) is 6.41 Å². The van der Waals surface area contributed by atoms with Crippen LogP contribution in [-0.4, -0.2) is 55.6 Å². The first-order valence-corrected chi connectivity index (χ1v) is 9.72. The smallest absolute Gasteiger partial charge is 0.223 e. The predicted molar refractivity (Wildman–Crippen MR) is 116 cm³/mol. The van der Waals surface area contributed by atoms with Gasteiger partial charge in [-0.3, -0.25) is 9.80 Å². The van der Waals surface area contributed by atoms with Crippen LogP contribution < -0.4 is 0 Å². The second-order valence-corrected chi connectivity index (χ2v) is 7.31. The molecule has 146 valence electrons. The van der Waals surface area contributed by atoms with Gasteiger partial charge in [-0.1, -0.05) is 66.8 Å². The van der Waals surface area contributed by atoms with Crippen molar-refractivity contribution >= 4 is 18.6 Å². The molecule has 4 heteroatoms. The van der Waals surface area contributed by atoms with Gasteiger partial charge in [-0.2, -0.15) is 0 Å². The molecule has 28 heavy (non-hydrogen) atoms. The minimum atomic E-state index is 0.343. The van der Waals surface area contributed by atoms with E-state index in [1.54, 1.807) is 12.1 Å². The Hall–Kier alpha value is -2.85. The summed E-state index contributed by atoms with van der Waals surface area (Å²) in [6.07, 6.45) is 10.6. The van der Waals surface area contributed by atoms with Crippen LogP contribution >= 0.6 is 0 Å². The number of likely N-dealkylation sites (N-methyl/N-ethyl adjacent to an activating group) is 2. The van der Waals surface area contributed by atoms with Gasteiger partial charge in [0, 0.05) is 40.2 Å². The fourth-order valence-electron chi connectivity index (χ4n) is 3.55. The Bertz CT molecular complexity index is 809. The zero-order valence-electron chi connectivity index (χ0n) is 17.0. The van der Waals surface area contributed by atoms with Gasteiger partial charge in [-0.15, -0.1) is 0 Å². The first-order valence-electron chi connectivity index (χ1n) is 9.72. The molecule has 0 saturated heterocycles. The summed E-state index contributed by atoms with van der Waals surface area (Å²) in [5.41, 5.74) is 5.35. The molecule has 1 aliphatic rings. The number of carbonyl (C=O) groups is 1. The minimum absolute atomic E-state index is 0.343. The van der Waals surface area contributed by atoms with Crippen LogP contribution in [0.1, 0.15) is 34.6 Å². The van der Waals surface area contributed by atoms with Gasteiger partial charge < -0.3 is 4.90 Å². The van der Waals surface area contributed by atoms with Crippen molar-refractivity contribution in [1.82, 2.24) is 14.9 Å². The standard InChI is InChI=1S/C24H29N3O/c1-25(17-18-26(2)27(3)19-28)16-8-13-24-22-11-6-4-9-20(22)14-15-21-10-5-7-12-23(21)24/h4-12,14-16,19,24H,13,17-18H2,1-3H3. The molecule has 0 heterocycles. The monoisotopic (exact) mass is 375 g/mol. The van der Waals surface area contributed by atoms with Crippen LogP contribution in [0, 0.1) is 0 Å². The molecule has 4 nitrogen and oxygen atoms in total. The maximum Gasteiger partial charge on any atom is 0.223 e. The summed E-state index contributed by atoms with van der Waals surface area (Å²) < 4.78 is 0. The first kappa shape index (κ1) is 19.9. The highest BCUT2D eigenvalue weighted by Gasteiger charge is 2.19. The third-order valence-corrected chi connectivity index (χ3v) is 5.38. The number of allylic oxidation sites excluding steroid dienone is 1. The van der Waals surface area contributed by atoms with Crippen LogP contribution in [0.15, 0.2) is 60.8 Å². The quantitative estimate of drug-likeness (QED) is 0.514. The fraction of sp³-hybridized carbons (Fsp3) is 0.292. The summed E-state index contributed by atoms with van der Waals surface area (Å²) in [4.78, 5) is 13.0. The van der Waals surface area contributed by atoms with E-state index in [1.807, 2.05) is 12.1 Å². The summed E-state index contributed by atoms with van der Waals surface area (Å²) in [7, 11) is 5.75. The Balaban J connectivity index is 1.71. The summed E-state index contributed by atoms with van der Waals surface area (Å²) >= 11 is 0. The molecule has 2 aromatic rings. The van der Waals surface area contributed by atoms with Crippen LogP contribution in [-0.2, 0) is 4.79 Å². The molecule has 0 bridgehead atoms. The molecule has 0 atom stereocenters. The SMILES string of the molecule is CN(C=CCC1c2ccccc2C=Cc2ccccc21)CCN(C)N(C)C=O. The third kappa shape index (κ3) is 4.70. The van der Waals surface area contributed by atoms with Gasteiger partial charge in [0.25, 0.3) is 0 Å². The van der Waals surface area contributed by atoms with Crippen molar-refractivity contribution in [2.45, 2.75) is 12.3 Å². The summed E-state index contributed by atoms with van der Waals surface area (Å²) in [5.74, 6) is 0.343. The lowest BCUT2D eigenvalue weighted by Crippen LogP contribution is -2.39. The molecular formula is C24H29N3O. The molecule has 0 aliphatic heterocycles. The molecule has 1 aliphatic carbocycles. The van der Waals surface area contributed by atoms with Gasteiger partial charge in [-0.25, -0.2) is 5.01 Å². The Kier molecular flexibility index (Phi) is 6.66. The van der Waals surface area contributed by atoms with Crippen molar-refractivity contribution in [3.63, 3.8) is 0 Å². The first-order chi connectivity index (χ1) is 13.6. The molecule has 1 amide bonds. The van der Waals surface area contributed by atoms with E-state index >= 15 is 0 Å². The summed E-state index contributed by atoms with van der Waals surface area (Å²) in [6.45, 7) is 1.64. The normalized spacial score (nSPS) is 13.3. The third-order valence-electron chi connectivity index (χ3n) is 5.38. The highest BCUT2D eigenvalue weighted by atomic mass is 16.1. The Morgan fingerprint density at radius 1 is 0.857 bits per heavy atom. The highest BCUT2D eigenvalue weighted by Crippen LogP contribution is 2.36. The van der Waals surface area contributed by atoms with E-state index in [4.69, 9.17) is 0 Å². The molecule has 0 saturated carbocycles. The van der Waals surface area contributed by atoms with Crippen LogP contribution in [0.4, 0.5) is 0 Å². The van der Waals surface area contributed by atoms with E-state index in [-0.39, 0.29) is 0 Å². The van der Waals surface area contributed by atoms with E-state index in [9.17, 15) is 4.79 Å². The Morgan fingerprint density at radius 3 is 2.00 bits per heavy atom. The van der Waals surface area contributed by atoms with E-state index in [0.29, 0.717) is 5.92 Å². The number of rotatable bonds is 8. The maximum absolute atomic E-state index is 10.8. The second kappa shape index (κ2) is 9.38. The number of amides is 1. The van der Waals surface area contributed by atoms with E-state index in [2.05, 4.69) is 84.9 Å². The number of hydrogen-bond donors (Lipinski definition) is 0. The molecular weight excluding hydrogens is 346 g/mol. The van der Waals surface area contributed by atoms with Crippen LogP contribution in [0.5, 0.6) is 0 Å². The van der Waals surface area contributed by atoms with Crippen molar-refractivity contribution < 1.29 is 4.79 Å². The number of fused-ring (bicyclic) bond motifs is 2. The van der Waals surface area contributed by atoms with Crippen molar-refractivity contribution in [1.29, 1.82) is 0 Å². The molecule has 3 rings (SSSR count). The zero-order valence-corrected chi connectivity index (χ0v) is 17.0. The van der Waals surface area contributed by atoms with E-state index in [0.717, 1.165) is 25.9 Å². The lowest BCUT2D eigenvalue weighted by molar-refractivity contribution is -0.129. The van der Waals surface area contributed by atoms with Gasteiger partial charge in [-0.05, 0) is 34.9 Å². The Labute approximate surface area is 168 Å². The van der Waals surface area contributed by atoms with Gasteiger partial charge in [0.1, 0.15) is 0 Å². The van der Waals surface area contributed by atoms with Crippen molar-refractivity contribution in [2.24, 2.45) is 0 Å². The number of carbonyl (C=O) groups excluding carboxylic acids is 1. The van der Waals surface area contributed by atoms with Crippen molar-refractivity contribution in [3.8, 4) is 0 Å². The van der Waals surface area contributed by atoms with Crippen LogP contribution in [0.2, 0.25) is 0 Å². The predicted octanol–water partition coefficient (Wildman–Crippen LogP) is 4.07. The topological polar surface area (TPSA) is 26.8 Å². The number of benzene rings is 2. The minimum Gasteiger partial charge on any atom is -0.379 e. The average molecular weight is 376 g/mol. The van der Waals surface area contributed by atoms with Crippen LogP contribution in [0.3, 0.4) is 0 Å². The van der Waals surface area contributed by atoms with E-state index < -0.39 is 0 Å². The van der Waals surface area contributed by atoms with Crippen molar-refractivity contribution in [3.05, 3.63) is 83.1 Å². The molecule has 0 aromatic heterocycles. The molecule has 0 N–H and O–H groups in total. The van der Waals surface area contributed by atoms with E-state index in [1.165, 1.54) is 22.3 Å². The highest BCUT2D eigenvalue weighted by molar-refractivity contribution is 5.76. The molecule has 0 radical (unpaired) electrons. The fourth-order valence-corrected chi connectivity index (χ4v) is 3.55. The van der Waals surface area contributed by atoms with Gasteiger partial charge in [0.05, 0.1) is 0 Å². The van der Waals surface area contributed by atoms with Gasteiger partial charge in [0.15, 0.2) is 0 Å². The molecule has 0 unspecified atom stereocenters. The summed E-state index contributed by atoms with van der Waals surface area (Å²) in [5, 5.41) is 3.46. The lowest BCUT2D eigenvalue weighted by atomic mass is 9.85. The summed E-state index contributed by atoms with van der Waals surface area (Å²) in [6, 6.07) is 17.3. The second-order valence-electron chi connectivity index (χ2n) is 7.31. The largest absolute Gasteiger partial charge is 0.379 e. The lowest BCUT2D eigenvalue weighted by Gasteiger charge is -2.26. The van der Waals surface area contributed by atoms with Gasteiger partial charge >= 0.3 is 0 Å². The van der Waals surface area contributed by atoms with Crippen molar-refractivity contribution in [2.75, 3.05) is 34.2 Å². The molecule has 0 spiro atoms. The zero-order chi connectivity index (χ0) is 19.9. The maximum atomic E-state index is 10.8. The number of hydrogen-bond acceptors (Lipinski definition) is 3. The molecule has 2 aromatic carbocycles. The molecule has 0 fully saturated rings. The van der Waals surface area contributed by atoms with Crippen LogP contribution in [0.25, 0.3) is 12.2 Å². The number of nitrogens with zero attached hydrogens (tertiary/aromatic N) is 3.